The highest BCUT2D eigenvalue weighted by molar-refractivity contribution is 5.26. The molecule has 16 heavy (non-hydrogen) atoms. The first-order valence-electron chi connectivity index (χ1n) is 6.51. The zero-order chi connectivity index (χ0) is 12.2. The first kappa shape index (κ1) is 13.3. The van der Waals surface area contributed by atoms with Crippen LogP contribution in [0.15, 0.2) is 24.3 Å². The van der Waals surface area contributed by atoms with E-state index in [0.29, 0.717) is 11.3 Å². The average Bonchev–Trinajstić information content (AvgIpc) is 2.16. The van der Waals surface area contributed by atoms with Gasteiger partial charge in [-0.05, 0) is 35.3 Å². The van der Waals surface area contributed by atoms with Gasteiger partial charge in [-0.25, -0.2) is 0 Å². The third kappa shape index (κ3) is 4.38. The molecule has 0 saturated carbocycles. The van der Waals surface area contributed by atoms with Gasteiger partial charge in [0.15, 0.2) is 0 Å². The summed E-state index contributed by atoms with van der Waals surface area (Å²) in [5.74, 6) is 0.699. The number of rotatable bonds is 4. The zero-order valence-corrected chi connectivity index (χ0v) is 11.5. The van der Waals surface area contributed by atoms with Crippen LogP contribution in [-0.2, 0) is 6.42 Å². The van der Waals surface area contributed by atoms with Gasteiger partial charge in [0.1, 0.15) is 0 Å². The molecule has 1 aromatic rings. The Kier molecular flexibility index (Phi) is 4.58. The molecule has 1 unspecified atom stereocenters. The molecule has 0 aliphatic heterocycles. The van der Waals surface area contributed by atoms with Crippen LogP contribution in [0.2, 0.25) is 0 Å². The van der Waals surface area contributed by atoms with Crippen molar-refractivity contribution >= 4 is 0 Å². The predicted octanol–water partition coefficient (Wildman–Crippen LogP) is 5.18. The smallest absolute Gasteiger partial charge is 0.0190 e. The Morgan fingerprint density at radius 2 is 1.88 bits per heavy atom. The van der Waals surface area contributed by atoms with Gasteiger partial charge in [0.2, 0.25) is 0 Å². The fourth-order valence-corrected chi connectivity index (χ4v) is 2.22. The monoisotopic (exact) mass is 218 g/mol. The van der Waals surface area contributed by atoms with E-state index in [9.17, 15) is 0 Å². The molecule has 0 aromatic heterocycles. The van der Waals surface area contributed by atoms with Crippen molar-refractivity contribution in [2.24, 2.45) is 5.41 Å². The number of hydrogen-bond acceptors (Lipinski definition) is 0. The van der Waals surface area contributed by atoms with Gasteiger partial charge in [0.25, 0.3) is 0 Å². The lowest BCUT2D eigenvalue weighted by molar-refractivity contribution is 0.411. The molecular formula is C16H26. The molecule has 0 saturated heterocycles. The van der Waals surface area contributed by atoms with Crippen molar-refractivity contribution in [3.63, 3.8) is 0 Å². The molecule has 1 atom stereocenters. The lowest BCUT2D eigenvalue weighted by Crippen LogP contribution is -2.09. The molecule has 0 aliphatic rings. The largest absolute Gasteiger partial charge is 0.0654 e. The molecule has 90 valence electrons. The molecule has 0 fully saturated rings. The Bertz CT molecular complexity index is 317. The van der Waals surface area contributed by atoms with E-state index in [1.807, 2.05) is 0 Å². The van der Waals surface area contributed by atoms with Gasteiger partial charge in [-0.15, -0.1) is 0 Å². The molecule has 1 rings (SSSR count). The van der Waals surface area contributed by atoms with Crippen LogP contribution in [0.25, 0.3) is 0 Å². The minimum absolute atomic E-state index is 0.382. The van der Waals surface area contributed by atoms with E-state index >= 15 is 0 Å². The van der Waals surface area contributed by atoms with Crippen LogP contribution in [0.5, 0.6) is 0 Å². The maximum absolute atomic E-state index is 2.39. The van der Waals surface area contributed by atoms with Crippen molar-refractivity contribution in [1.29, 1.82) is 0 Å². The topological polar surface area (TPSA) is 0 Å². The summed E-state index contributed by atoms with van der Waals surface area (Å²) in [4.78, 5) is 0. The van der Waals surface area contributed by atoms with Gasteiger partial charge in [0, 0.05) is 0 Å². The molecule has 0 spiro atoms. The van der Waals surface area contributed by atoms with Crippen molar-refractivity contribution in [3.05, 3.63) is 35.4 Å². The zero-order valence-electron chi connectivity index (χ0n) is 11.5. The molecule has 0 radical (unpaired) electrons. The van der Waals surface area contributed by atoms with Crippen LogP contribution in [0.1, 0.15) is 64.5 Å². The summed E-state index contributed by atoms with van der Waals surface area (Å²) in [6.45, 7) is 11.5. The fourth-order valence-electron chi connectivity index (χ4n) is 2.22. The third-order valence-electron chi connectivity index (χ3n) is 2.98. The normalized spacial score (nSPS) is 13.8. The summed E-state index contributed by atoms with van der Waals surface area (Å²) in [7, 11) is 0. The van der Waals surface area contributed by atoms with Crippen molar-refractivity contribution in [2.45, 2.75) is 59.8 Å². The second-order valence-electron chi connectivity index (χ2n) is 6.17. The summed E-state index contributed by atoms with van der Waals surface area (Å²) in [6.07, 6.45) is 3.73. The Balaban J connectivity index is 2.78. The van der Waals surface area contributed by atoms with E-state index in [0.717, 1.165) is 0 Å². The standard InChI is InChI=1S/C16H26/c1-6-8-13(2)15-10-7-9-14(11-15)12-16(3,4)5/h7,9-11,13H,6,8,12H2,1-5H3. The second kappa shape index (κ2) is 5.52. The molecule has 1 aromatic carbocycles. The van der Waals surface area contributed by atoms with Crippen LogP contribution >= 0.6 is 0 Å². The Morgan fingerprint density at radius 3 is 2.44 bits per heavy atom. The van der Waals surface area contributed by atoms with Crippen molar-refractivity contribution < 1.29 is 0 Å². The number of hydrogen-bond donors (Lipinski definition) is 0. The SMILES string of the molecule is CCCC(C)c1cccc(CC(C)(C)C)c1. The molecule has 0 nitrogen and oxygen atoms in total. The third-order valence-corrected chi connectivity index (χ3v) is 2.98. The van der Waals surface area contributed by atoms with Gasteiger partial charge in [-0.3, -0.25) is 0 Å². The Morgan fingerprint density at radius 1 is 1.19 bits per heavy atom. The van der Waals surface area contributed by atoms with Gasteiger partial charge in [-0.2, -0.15) is 0 Å². The Hall–Kier alpha value is -0.780. The molecular weight excluding hydrogens is 192 g/mol. The average molecular weight is 218 g/mol. The van der Waals surface area contributed by atoms with Gasteiger partial charge in [0.05, 0.1) is 0 Å². The van der Waals surface area contributed by atoms with Crippen molar-refractivity contribution in [1.82, 2.24) is 0 Å². The molecule has 0 heterocycles. The highest BCUT2D eigenvalue weighted by Gasteiger charge is 2.12. The van der Waals surface area contributed by atoms with E-state index < -0.39 is 0 Å². The summed E-state index contributed by atoms with van der Waals surface area (Å²) >= 11 is 0. The highest BCUT2D eigenvalue weighted by atomic mass is 14.2. The van der Waals surface area contributed by atoms with E-state index in [1.165, 1.54) is 30.4 Å². The van der Waals surface area contributed by atoms with E-state index in [2.05, 4.69) is 58.9 Å². The second-order valence-corrected chi connectivity index (χ2v) is 6.17. The first-order valence-corrected chi connectivity index (χ1v) is 6.51. The lowest BCUT2D eigenvalue weighted by Gasteiger charge is -2.19. The van der Waals surface area contributed by atoms with Crippen molar-refractivity contribution in [2.75, 3.05) is 0 Å². The summed E-state index contributed by atoms with van der Waals surface area (Å²) < 4.78 is 0. The molecule has 0 bridgehead atoms. The van der Waals surface area contributed by atoms with E-state index in [1.54, 1.807) is 0 Å². The van der Waals surface area contributed by atoms with Gasteiger partial charge in [-0.1, -0.05) is 65.3 Å². The quantitative estimate of drug-likeness (QED) is 0.653. The Labute approximate surface area is 101 Å². The van der Waals surface area contributed by atoms with E-state index in [-0.39, 0.29) is 0 Å². The minimum Gasteiger partial charge on any atom is -0.0654 e. The molecule has 0 N–H and O–H groups in total. The maximum atomic E-state index is 2.39. The van der Waals surface area contributed by atoms with Crippen LogP contribution in [-0.4, -0.2) is 0 Å². The maximum Gasteiger partial charge on any atom is -0.0190 e. The molecule has 0 amide bonds. The fraction of sp³-hybridized carbons (Fsp3) is 0.625. The summed E-state index contributed by atoms with van der Waals surface area (Å²) in [6, 6.07) is 9.13. The predicted molar refractivity (Wildman–Crippen MR) is 72.9 cm³/mol. The van der Waals surface area contributed by atoms with Crippen molar-refractivity contribution in [3.8, 4) is 0 Å². The number of benzene rings is 1. The minimum atomic E-state index is 0.382. The van der Waals surface area contributed by atoms with Crippen LogP contribution in [0.4, 0.5) is 0 Å². The molecule has 0 heteroatoms. The summed E-state index contributed by atoms with van der Waals surface area (Å²) in [5, 5.41) is 0. The van der Waals surface area contributed by atoms with Gasteiger partial charge >= 0.3 is 0 Å². The first-order chi connectivity index (χ1) is 7.42. The van der Waals surface area contributed by atoms with Crippen LogP contribution in [0, 0.1) is 5.41 Å². The van der Waals surface area contributed by atoms with Crippen LogP contribution < -0.4 is 0 Å². The lowest BCUT2D eigenvalue weighted by atomic mass is 9.86. The summed E-state index contributed by atoms with van der Waals surface area (Å²) in [5.41, 5.74) is 3.36. The van der Waals surface area contributed by atoms with Gasteiger partial charge < -0.3 is 0 Å². The van der Waals surface area contributed by atoms with E-state index in [4.69, 9.17) is 0 Å². The molecule has 0 aliphatic carbocycles. The highest BCUT2D eigenvalue weighted by Crippen LogP contribution is 2.25. The van der Waals surface area contributed by atoms with Crippen LogP contribution in [0.3, 0.4) is 0 Å².